The van der Waals surface area contributed by atoms with E-state index in [0.29, 0.717) is 17.9 Å². The van der Waals surface area contributed by atoms with Gasteiger partial charge in [0.25, 0.3) is 5.91 Å². The van der Waals surface area contributed by atoms with E-state index in [9.17, 15) is 9.59 Å². The van der Waals surface area contributed by atoms with Crippen LogP contribution in [0.25, 0.3) is 0 Å². The second kappa shape index (κ2) is 9.07. The molecule has 6 heteroatoms. The first-order valence-electron chi connectivity index (χ1n) is 8.96. The summed E-state index contributed by atoms with van der Waals surface area (Å²) in [4.78, 5) is 24.2. The van der Waals surface area contributed by atoms with E-state index in [4.69, 9.17) is 4.74 Å². The van der Waals surface area contributed by atoms with E-state index in [1.54, 1.807) is 24.3 Å². The lowest BCUT2D eigenvalue weighted by atomic mass is 10.1. The maximum absolute atomic E-state index is 12.1. The summed E-state index contributed by atoms with van der Waals surface area (Å²) in [5, 5.41) is 8.76. The van der Waals surface area contributed by atoms with Crippen molar-refractivity contribution < 1.29 is 14.3 Å². The molecule has 0 bridgehead atoms. The quantitative estimate of drug-likeness (QED) is 0.696. The molecule has 0 atom stereocenters. The van der Waals surface area contributed by atoms with Crippen LogP contribution in [0.2, 0.25) is 0 Å². The Kier molecular flexibility index (Phi) is 6.82. The minimum atomic E-state index is -0.295. The second-order valence-corrected chi connectivity index (χ2v) is 7.14. The average molecular weight is 369 g/mol. The fraction of sp³-hybridized carbons (Fsp3) is 0.333. The number of amides is 2. The van der Waals surface area contributed by atoms with Crippen LogP contribution in [0.5, 0.6) is 5.75 Å². The first-order chi connectivity index (χ1) is 12.8. The summed E-state index contributed by atoms with van der Waals surface area (Å²) in [6.07, 6.45) is 0. The lowest BCUT2D eigenvalue weighted by Gasteiger charge is -2.20. The molecular weight excluding hydrogens is 342 g/mol. The van der Waals surface area contributed by atoms with E-state index in [2.05, 4.69) is 16.0 Å². The highest BCUT2D eigenvalue weighted by atomic mass is 16.5. The van der Waals surface area contributed by atoms with Crippen molar-refractivity contribution in [2.75, 3.05) is 23.8 Å². The highest BCUT2D eigenvalue weighted by Crippen LogP contribution is 2.15. The van der Waals surface area contributed by atoms with Crippen LogP contribution >= 0.6 is 0 Å². The molecule has 3 N–H and O–H groups in total. The number of hydrogen-bond acceptors (Lipinski definition) is 4. The van der Waals surface area contributed by atoms with Gasteiger partial charge in [-0.15, -0.1) is 0 Å². The van der Waals surface area contributed by atoms with E-state index in [1.807, 2.05) is 52.0 Å². The molecule has 0 unspecified atom stereocenters. The topological polar surface area (TPSA) is 79.5 Å². The minimum Gasteiger partial charge on any atom is -0.494 e. The largest absolute Gasteiger partial charge is 0.494 e. The van der Waals surface area contributed by atoms with Crippen molar-refractivity contribution in [3.63, 3.8) is 0 Å². The maximum Gasteiger partial charge on any atom is 0.251 e. The van der Waals surface area contributed by atoms with Gasteiger partial charge in [0.15, 0.2) is 0 Å². The molecule has 0 aliphatic rings. The lowest BCUT2D eigenvalue weighted by Crippen LogP contribution is -2.40. The first-order valence-corrected chi connectivity index (χ1v) is 8.96. The van der Waals surface area contributed by atoms with Crippen LogP contribution in [0, 0.1) is 0 Å². The fourth-order valence-electron chi connectivity index (χ4n) is 2.34. The van der Waals surface area contributed by atoms with Gasteiger partial charge in [0.1, 0.15) is 5.75 Å². The summed E-state index contributed by atoms with van der Waals surface area (Å²) >= 11 is 0. The SMILES string of the molecule is CCOc1ccc(NCC(=O)Nc2ccc(C(=O)NC(C)(C)C)cc2)cc1. The Balaban J connectivity index is 1.84. The number of nitrogens with one attached hydrogen (secondary N) is 3. The third kappa shape index (κ3) is 7.01. The maximum atomic E-state index is 12.1. The zero-order valence-electron chi connectivity index (χ0n) is 16.3. The molecule has 0 radical (unpaired) electrons. The lowest BCUT2D eigenvalue weighted by molar-refractivity contribution is -0.114. The number of ether oxygens (including phenoxy) is 1. The summed E-state index contributed by atoms with van der Waals surface area (Å²) in [5.74, 6) is 0.483. The van der Waals surface area contributed by atoms with Gasteiger partial charge in [-0.05, 0) is 76.2 Å². The first kappa shape index (κ1) is 20.3. The summed E-state index contributed by atoms with van der Waals surface area (Å²) in [7, 11) is 0. The molecule has 144 valence electrons. The van der Waals surface area contributed by atoms with E-state index < -0.39 is 0 Å². The molecule has 2 aromatic carbocycles. The van der Waals surface area contributed by atoms with Crippen LogP contribution in [0.4, 0.5) is 11.4 Å². The second-order valence-electron chi connectivity index (χ2n) is 7.14. The average Bonchev–Trinajstić information content (AvgIpc) is 2.60. The zero-order chi connectivity index (χ0) is 19.9. The Labute approximate surface area is 160 Å². The van der Waals surface area contributed by atoms with Gasteiger partial charge in [-0.25, -0.2) is 0 Å². The standard InChI is InChI=1S/C21H27N3O3/c1-5-27-18-12-10-16(11-13-18)22-14-19(25)23-17-8-6-15(7-9-17)20(26)24-21(2,3)4/h6-13,22H,5,14H2,1-4H3,(H,23,25)(H,24,26). The predicted molar refractivity (Wildman–Crippen MR) is 108 cm³/mol. The van der Waals surface area contributed by atoms with Crippen LogP contribution in [0.3, 0.4) is 0 Å². The Morgan fingerprint density at radius 2 is 1.52 bits per heavy atom. The molecule has 2 amide bonds. The van der Waals surface area contributed by atoms with Gasteiger partial charge >= 0.3 is 0 Å². The van der Waals surface area contributed by atoms with Gasteiger partial charge in [0.05, 0.1) is 13.2 Å². The Bertz CT molecular complexity index is 763. The molecule has 0 aromatic heterocycles. The predicted octanol–water partition coefficient (Wildman–Crippen LogP) is 3.66. The summed E-state index contributed by atoms with van der Waals surface area (Å²) in [5.41, 5.74) is 1.73. The van der Waals surface area contributed by atoms with Gasteiger partial charge in [-0.2, -0.15) is 0 Å². The molecule has 0 spiro atoms. The summed E-state index contributed by atoms with van der Waals surface area (Å²) < 4.78 is 5.38. The van der Waals surface area contributed by atoms with Crippen molar-refractivity contribution in [2.45, 2.75) is 33.2 Å². The van der Waals surface area contributed by atoms with Gasteiger partial charge in [0.2, 0.25) is 5.91 Å². The highest BCUT2D eigenvalue weighted by Gasteiger charge is 2.15. The Morgan fingerprint density at radius 3 is 2.07 bits per heavy atom. The molecule has 6 nitrogen and oxygen atoms in total. The van der Waals surface area contributed by atoms with E-state index >= 15 is 0 Å². The van der Waals surface area contributed by atoms with Crippen LogP contribution in [-0.4, -0.2) is 30.5 Å². The number of benzene rings is 2. The van der Waals surface area contributed by atoms with Crippen LogP contribution < -0.4 is 20.7 Å². The molecule has 0 aliphatic heterocycles. The van der Waals surface area contributed by atoms with Gasteiger partial charge < -0.3 is 20.7 Å². The van der Waals surface area contributed by atoms with E-state index in [0.717, 1.165) is 11.4 Å². The molecule has 0 aliphatic carbocycles. The number of carbonyl (C=O) groups excluding carboxylic acids is 2. The molecular formula is C21H27N3O3. The number of rotatable bonds is 7. The van der Waals surface area contributed by atoms with Crippen molar-refractivity contribution in [2.24, 2.45) is 0 Å². The summed E-state index contributed by atoms with van der Waals surface area (Å²) in [6, 6.07) is 14.2. The highest BCUT2D eigenvalue weighted by molar-refractivity contribution is 5.96. The minimum absolute atomic E-state index is 0.139. The fourth-order valence-corrected chi connectivity index (χ4v) is 2.34. The van der Waals surface area contributed by atoms with Crippen molar-refractivity contribution in [3.05, 3.63) is 54.1 Å². The molecule has 2 rings (SSSR count). The van der Waals surface area contributed by atoms with Gasteiger partial charge in [-0.1, -0.05) is 0 Å². The number of hydrogen-bond donors (Lipinski definition) is 3. The Hall–Kier alpha value is -3.02. The third-order valence-electron chi connectivity index (χ3n) is 3.54. The molecule has 27 heavy (non-hydrogen) atoms. The molecule has 0 heterocycles. The van der Waals surface area contributed by atoms with Crippen molar-refractivity contribution in [1.82, 2.24) is 5.32 Å². The smallest absolute Gasteiger partial charge is 0.251 e. The summed E-state index contributed by atoms with van der Waals surface area (Å²) in [6.45, 7) is 8.47. The van der Waals surface area contributed by atoms with Crippen LogP contribution in [0.1, 0.15) is 38.1 Å². The normalized spacial score (nSPS) is 10.8. The number of anilines is 2. The molecule has 0 saturated heterocycles. The van der Waals surface area contributed by atoms with Crippen molar-refractivity contribution in [3.8, 4) is 5.75 Å². The van der Waals surface area contributed by atoms with Crippen LogP contribution in [-0.2, 0) is 4.79 Å². The zero-order valence-corrected chi connectivity index (χ0v) is 16.3. The molecule has 0 fully saturated rings. The third-order valence-corrected chi connectivity index (χ3v) is 3.54. The van der Waals surface area contributed by atoms with E-state index in [-0.39, 0.29) is 23.9 Å². The molecule has 2 aromatic rings. The van der Waals surface area contributed by atoms with Crippen LogP contribution in [0.15, 0.2) is 48.5 Å². The van der Waals surface area contributed by atoms with Crippen molar-refractivity contribution >= 4 is 23.2 Å². The van der Waals surface area contributed by atoms with Gasteiger partial charge in [0, 0.05) is 22.5 Å². The molecule has 0 saturated carbocycles. The number of carbonyl (C=O) groups is 2. The van der Waals surface area contributed by atoms with Gasteiger partial charge in [-0.3, -0.25) is 9.59 Å². The van der Waals surface area contributed by atoms with E-state index in [1.165, 1.54) is 0 Å². The van der Waals surface area contributed by atoms with Crippen molar-refractivity contribution in [1.29, 1.82) is 0 Å². The Morgan fingerprint density at radius 1 is 0.926 bits per heavy atom. The monoisotopic (exact) mass is 369 g/mol.